The van der Waals surface area contributed by atoms with Gasteiger partial charge >= 0.3 is 5.97 Å². The van der Waals surface area contributed by atoms with E-state index in [1.54, 1.807) is 0 Å². The van der Waals surface area contributed by atoms with Crippen molar-refractivity contribution in [2.24, 2.45) is 0 Å². The van der Waals surface area contributed by atoms with Crippen LogP contribution in [0.5, 0.6) is 0 Å². The normalized spacial score (nSPS) is 26.0. The third kappa shape index (κ3) is 5.77. The summed E-state index contributed by atoms with van der Waals surface area (Å²) >= 11 is 0. The zero-order valence-electron chi connectivity index (χ0n) is 12.9. The van der Waals surface area contributed by atoms with Crippen molar-refractivity contribution in [3.8, 4) is 0 Å². The van der Waals surface area contributed by atoms with Crippen LogP contribution in [0.25, 0.3) is 0 Å². The summed E-state index contributed by atoms with van der Waals surface area (Å²) < 4.78 is 5.36. The van der Waals surface area contributed by atoms with Crippen molar-refractivity contribution >= 4 is 5.97 Å². The lowest BCUT2D eigenvalue weighted by Gasteiger charge is -2.19. The number of unbranched alkanes of at least 4 members (excludes halogenated alkanes) is 3. The molecule has 19 heavy (non-hydrogen) atoms. The molecule has 0 aromatic carbocycles. The number of hydrogen-bond donors (Lipinski definition) is 0. The van der Waals surface area contributed by atoms with Crippen LogP contribution in [0, 0.1) is 0 Å². The van der Waals surface area contributed by atoms with Gasteiger partial charge in [-0.15, -0.1) is 6.58 Å². The van der Waals surface area contributed by atoms with E-state index in [-0.39, 0.29) is 5.97 Å². The first kappa shape index (κ1) is 16.2. The summed E-state index contributed by atoms with van der Waals surface area (Å²) in [4.78, 5) is 14.0. The summed E-state index contributed by atoms with van der Waals surface area (Å²) in [6, 6.07) is 0.871. The van der Waals surface area contributed by atoms with Crippen molar-refractivity contribution < 1.29 is 9.53 Å². The van der Waals surface area contributed by atoms with E-state index in [2.05, 4.69) is 18.4 Å². The van der Waals surface area contributed by atoms with E-state index < -0.39 is 5.60 Å². The summed E-state index contributed by atoms with van der Waals surface area (Å²) in [6.45, 7) is 12.2. The molecule has 0 aromatic rings. The van der Waals surface area contributed by atoms with Crippen LogP contribution in [0.1, 0.15) is 59.8 Å². The van der Waals surface area contributed by atoms with Gasteiger partial charge in [-0.2, -0.15) is 0 Å². The van der Waals surface area contributed by atoms with Crippen LogP contribution in [0.3, 0.4) is 0 Å². The van der Waals surface area contributed by atoms with Gasteiger partial charge in [0.05, 0.1) is 6.54 Å². The smallest absolute Gasteiger partial charge is 0.320 e. The largest absolute Gasteiger partial charge is 0.459 e. The Balaban J connectivity index is 2.29. The Morgan fingerprint density at radius 1 is 1.32 bits per heavy atom. The van der Waals surface area contributed by atoms with Gasteiger partial charge in [-0.3, -0.25) is 9.69 Å². The third-order valence-corrected chi connectivity index (χ3v) is 3.44. The van der Waals surface area contributed by atoms with Gasteiger partial charge in [0.1, 0.15) is 5.60 Å². The van der Waals surface area contributed by atoms with E-state index in [0.717, 1.165) is 0 Å². The van der Waals surface area contributed by atoms with Crippen molar-refractivity contribution in [1.82, 2.24) is 4.90 Å². The minimum Gasteiger partial charge on any atom is -0.459 e. The molecule has 0 spiro atoms. The molecule has 3 atom stereocenters. The maximum atomic E-state index is 11.8. The molecular formula is C16H29NO2. The van der Waals surface area contributed by atoms with Gasteiger partial charge in [0.25, 0.3) is 0 Å². The quantitative estimate of drug-likeness (QED) is 0.291. The van der Waals surface area contributed by atoms with Crippen molar-refractivity contribution in [1.29, 1.82) is 0 Å². The molecular weight excluding hydrogens is 238 g/mol. The summed E-state index contributed by atoms with van der Waals surface area (Å²) in [6.07, 6.45) is 8.22. The van der Waals surface area contributed by atoms with Crippen molar-refractivity contribution in [2.75, 3.05) is 6.54 Å². The van der Waals surface area contributed by atoms with Gasteiger partial charge in [0, 0.05) is 12.1 Å². The Labute approximate surface area is 118 Å². The Morgan fingerprint density at radius 3 is 2.53 bits per heavy atom. The SMILES string of the molecule is C=C[C@H]1[C@@H](CCCCCC)N1CC(=O)OC(C)(C)C. The summed E-state index contributed by atoms with van der Waals surface area (Å²) in [5.74, 6) is -0.129. The molecule has 0 radical (unpaired) electrons. The number of nitrogens with zero attached hydrogens (tertiary/aromatic N) is 1. The fourth-order valence-electron chi connectivity index (χ4n) is 2.51. The van der Waals surface area contributed by atoms with Crippen LogP contribution >= 0.6 is 0 Å². The average molecular weight is 267 g/mol. The van der Waals surface area contributed by atoms with E-state index in [1.165, 1.54) is 32.1 Å². The maximum absolute atomic E-state index is 11.8. The molecule has 1 aliphatic rings. The minimum absolute atomic E-state index is 0.129. The number of carbonyl (C=O) groups is 1. The standard InChI is InChI=1S/C16H29NO2/c1-6-8-9-10-11-14-13(7-2)17(14)12-15(18)19-16(3,4)5/h7,13-14H,2,6,8-12H2,1,3-5H3/t13-,14+,17?/m0/s1. The highest BCUT2D eigenvalue weighted by Gasteiger charge is 2.45. The number of ether oxygens (including phenoxy) is 1. The Bertz CT molecular complexity index is 306. The van der Waals surface area contributed by atoms with Crippen LogP contribution in [0.4, 0.5) is 0 Å². The monoisotopic (exact) mass is 267 g/mol. The average Bonchev–Trinajstić information content (AvgIpc) is 2.94. The molecule has 3 heteroatoms. The second kappa shape index (κ2) is 7.09. The molecule has 0 aromatic heterocycles. The molecule has 1 rings (SSSR count). The van der Waals surface area contributed by atoms with Gasteiger partial charge in [-0.05, 0) is 27.2 Å². The molecule has 1 fully saturated rings. The molecule has 0 bridgehead atoms. The molecule has 1 heterocycles. The van der Waals surface area contributed by atoms with Gasteiger partial charge in [-0.1, -0.05) is 38.7 Å². The number of esters is 1. The molecule has 0 saturated carbocycles. The van der Waals surface area contributed by atoms with E-state index in [1.807, 2.05) is 26.8 Å². The Kier molecular flexibility index (Phi) is 6.05. The first-order valence-corrected chi connectivity index (χ1v) is 7.49. The Hall–Kier alpha value is -0.830. The van der Waals surface area contributed by atoms with Gasteiger partial charge in [0.2, 0.25) is 0 Å². The van der Waals surface area contributed by atoms with Crippen LogP contribution in [-0.4, -0.2) is 35.1 Å². The molecule has 1 saturated heterocycles. The van der Waals surface area contributed by atoms with E-state index in [0.29, 0.717) is 18.6 Å². The molecule has 1 aliphatic heterocycles. The lowest BCUT2D eigenvalue weighted by molar-refractivity contribution is -0.154. The number of hydrogen-bond acceptors (Lipinski definition) is 3. The molecule has 110 valence electrons. The van der Waals surface area contributed by atoms with Crippen LogP contribution in [-0.2, 0) is 9.53 Å². The molecule has 0 amide bonds. The molecule has 0 aliphatic carbocycles. The second-order valence-electron chi connectivity index (χ2n) is 6.40. The van der Waals surface area contributed by atoms with Crippen LogP contribution < -0.4 is 0 Å². The fourth-order valence-corrected chi connectivity index (χ4v) is 2.51. The lowest BCUT2D eigenvalue weighted by Crippen LogP contribution is -2.28. The van der Waals surface area contributed by atoms with Gasteiger partial charge in [0.15, 0.2) is 0 Å². The molecule has 1 unspecified atom stereocenters. The van der Waals surface area contributed by atoms with Crippen molar-refractivity contribution in [2.45, 2.75) is 77.5 Å². The number of carbonyl (C=O) groups excluding carboxylic acids is 1. The van der Waals surface area contributed by atoms with Crippen LogP contribution in [0.15, 0.2) is 12.7 Å². The topological polar surface area (TPSA) is 29.3 Å². The van der Waals surface area contributed by atoms with E-state index in [4.69, 9.17) is 4.74 Å². The van der Waals surface area contributed by atoms with Crippen molar-refractivity contribution in [3.05, 3.63) is 12.7 Å². The number of rotatable bonds is 8. The highest BCUT2D eigenvalue weighted by atomic mass is 16.6. The van der Waals surface area contributed by atoms with E-state index in [9.17, 15) is 4.79 Å². The van der Waals surface area contributed by atoms with Crippen molar-refractivity contribution in [3.63, 3.8) is 0 Å². The third-order valence-electron chi connectivity index (χ3n) is 3.44. The fraction of sp³-hybridized carbons (Fsp3) is 0.812. The molecule has 3 nitrogen and oxygen atoms in total. The highest BCUT2D eigenvalue weighted by Crippen LogP contribution is 2.33. The second-order valence-corrected chi connectivity index (χ2v) is 6.40. The van der Waals surface area contributed by atoms with Gasteiger partial charge in [-0.25, -0.2) is 0 Å². The molecule has 0 N–H and O–H groups in total. The predicted octanol–water partition coefficient (Wildman–Crippen LogP) is 3.54. The first-order valence-electron chi connectivity index (χ1n) is 7.49. The predicted molar refractivity (Wildman–Crippen MR) is 79.1 cm³/mol. The summed E-state index contributed by atoms with van der Waals surface area (Å²) in [5.41, 5.74) is -0.395. The zero-order chi connectivity index (χ0) is 14.5. The maximum Gasteiger partial charge on any atom is 0.320 e. The highest BCUT2D eigenvalue weighted by molar-refractivity contribution is 5.72. The summed E-state index contributed by atoms with van der Waals surface area (Å²) in [5, 5.41) is 0. The van der Waals surface area contributed by atoms with Crippen LogP contribution in [0.2, 0.25) is 0 Å². The first-order chi connectivity index (χ1) is 8.89. The zero-order valence-corrected chi connectivity index (χ0v) is 12.9. The minimum atomic E-state index is -0.395. The Morgan fingerprint density at radius 2 is 2.00 bits per heavy atom. The lowest BCUT2D eigenvalue weighted by atomic mass is 10.1. The van der Waals surface area contributed by atoms with Gasteiger partial charge < -0.3 is 4.74 Å². The summed E-state index contributed by atoms with van der Waals surface area (Å²) in [7, 11) is 0. The van der Waals surface area contributed by atoms with E-state index >= 15 is 0 Å².